The van der Waals surface area contributed by atoms with E-state index < -0.39 is 0 Å². The van der Waals surface area contributed by atoms with Crippen molar-refractivity contribution in [3.05, 3.63) is 46.3 Å². The van der Waals surface area contributed by atoms with Crippen molar-refractivity contribution in [2.45, 2.75) is 51.9 Å². The van der Waals surface area contributed by atoms with Gasteiger partial charge in [-0.15, -0.1) is 0 Å². The lowest BCUT2D eigenvalue weighted by atomic mass is 9.84. The predicted molar refractivity (Wildman–Crippen MR) is 101 cm³/mol. The number of carbonyl (C=O) groups is 1. The minimum Gasteiger partial charge on any atom is -0.493 e. The van der Waals surface area contributed by atoms with E-state index in [0.717, 1.165) is 49.3 Å². The zero-order valence-electron chi connectivity index (χ0n) is 15.6. The summed E-state index contributed by atoms with van der Waals surface area (Å²) in [7, 11) is 1.44. The van der Waals surface area contributed by atoms with Crippen molar-refractivity contribution in [1.29, 1.82) is 0 Å². The van der Waals surface area contributed by atoms with Gasteiger partial charge in [0.2, 0.25) is 0 Å². The van der Waals surface area contributed by atoms with E-state index in [1.807, 2.05) is 6.92 Å². The van der Waals surface area contributed by atoms with Crippen molar-refractivity contribution >= 4 is 5.97 Å². The molecule has 2 aliphatic rings. The van der Waals surface area contributed by atoms with E-state index in [1.54, 1.807) is 0 Å². The summed E-state index contributed by atoms with van der Waals surface area (Å²) >= 11 is 0. The first kappa shape index (κ1) is 17.1. The van der Waals surface area contributed by atoms with E-state index in [4.69, 9.17) is 14.5 Å². The fraction of sp³-hybridized carbons (Fsp3) is 0.455. The van der Waals surface area contributed by atoms with Gasteiger partial charge in [0, 0.05) is 11.4 Å². The van der Waals surface area contributed by atoms with Crippen LogP contribution in [0.1, 0.15) is 47.3 Å². The van der Waals surface area contributed by atoms with Crippen LogP contribution in [0.3, 0.4) is 0 Å². The van der Waals surface area contributed by atoms with E-state index in [9.17, 15) is 4.79 Å². The Balaban J connectivity index is 1.90. The van der Waals surface area contributed by atoms with Crippen molar-refractivity contribution in [2.24, 2.45) is 0 Å². The topological polar surface area (TPSA) is 48.4 Å². The summed E-state index contributed by atoms with van der Waals surface area (Å²) in [5.74, 6) is 0.780. The molecule has 1 aliphatic heterocycles. The van der Waals surface area contributed by atoms with Gasteiger partial charge in [-0.1, -0.05) is 6.07 Å². The molecule has 0 amide bonds. The molecule has 0 bridgehead atoms. The van der Waals surface area contributed by atoms with Crippen LogP contribution in [-0.4, -0.2) is 24.7 Å². The summed E-state index contributed by atoms with van der Waals surface area (Å²) in [4.78, 5) is 16.9. The van der Waals surface area contributed by atoms with Crippen molar-refractivity contribution in [2.75, 3.05) is 13.7 Å². The van der Waals surface area contributed by atoms with Crippen LogP contribution >= 0.6 is 0 Å². The molecule has 0 radical (unpaired) electrons. The molecule has 136 valence electrons. The Labute approximate surface area is 154 Å². The normalized spacial score (nSPS) is 15.6. The van der Waals surface area contributed by atoms with Crippen LogP contribution in [-0.2, 0) is 35.2 Å². The SMILES string of the molecule is COC(=O)Cc1c(C)nc2c(c1-c1ccc3c(c1)CCCO3)CCCC2. The number of rotatable bonds is 3. The predicted octanol–water partition coefficient (Wildman–Crippen LogP) is 3.98. The smallest absolute Gasteiger partial charge is 0.310 e. The molecule has 0 saturated carbocycles. The molecule has 0 N–H and O–H groups in total. The maximum atomic E-state index is 12.0. The van der Waals surface area contributed by atoms with E-state index >= 15 is 0 Å². The zero-order valence-corrected chi connectivity index (χ0v) is 15.6. The molecule has 2 aromatic rings. The van der Waals surface area contributed by atoms with Gasteiger partial charge in [0.15, 0.2) is 0 Å². The second-order valence-corrected chi connectivity index (χ2v) is 7.21. The largest absolute Gasteiger partial charge is 0.493 e. The summed E-state index contributed by atoms with van der Waals surface area (Å²) in [6.07, 6.45) is 6.78. The van der Waals surface area contributed by atoms with Gasteiger partial charge in [0.1, 0.15) is 5.75 Å². The van der Waals surface area contributed by atoms with Gasteiger partial charge in [-0.05, 0) is 85.4 Å². The molecule has 0 spiro atoms. The molecule has 4 rings (SSSR count). The Hall–Kier alpha value is -2.36. The van der Waals surface area contributed by atoms with E-state index in [1.165, 1.54) is 47.9 Å². The van der Waals surface area contributed by atoms with Gasteiger partial charge >= 0.3 is 5.97 Å². The lowest BCUT2D eigenvalue weighted by molar-refractivity contribution is -0.139. The zero-order chi connectivity index (χ0) is 18.1. The van der Waals surface area contributed by atoms with Crippen LogP contribution in [0, 0.1) is 6.92 Å². The highest BCUT2D eigenvalue weighted by Gasteiger charge is 2.24. The highest BCUT2D eigenvalue weighted by atomic mass is 16.5. The Kier molecular flexibility index (Phi) is 4.66. The van der Waals surface area contributed by atoms with Crippen LogP contribution in [0.15, 0.2) is 18.2 Å². The standard InChI is InChI=1S/C22H25NO3/c1-14-18(13-21(24)25-2)22(17-7-3-4-8-19(17)23-14)16-9-10-20-15(12-16)6-5-11-26-20/h9-10,12H,3-8,11,13H2,1-2H3. The van der Waals surface area contributed by atoms with Crippen LogP contribution in [0.5, 0.6) is 5.75 Å². The van der Waals surface area contributed by atoms with E-state index in [2.05, 4.69) is 18.2 Å². The number of aromatic nitrogens is 1. The molecule has 0 unspecified atom stereocenters. The first-order chi connectivity index (χ1) is 12.7. The number of fused-ring (bicyclic) bond motifs is 2. The summed E-state index contributed by atoms with van der Waals surface area (Å²) in [6, 6.07) is 6.46. The molecule has 1 aromatic heterocycles. The highest BCUT2D eigenvalue weighted by Crippen LogP contribution is 2.38. The molecule has 1 aliphatic carbocycles. The minimum absolute atomic E-state index is 0.215. The molecule has 4 heteroatoms. The second-order valence-electron chi connectivity index (χ2n) is 7.21. The molecule has 26 heavy (non-hydrogen) atoms. The van der Waals surface area contributed by atoms with Crippen molar-refractivity contribution in [1.82, 2.24) is 4.98 Å². The number of methoxy groups -OCH3 is 1. The third kappa shape index (κ3) is 3.09. The first-order valence-electron chi connectivity index (χ1n) is 9.51. The number of ether oxygens (including phenoxy) is 2. The number of nitrogens with zero attached hydrogens (tertiary/aromatic N) is 1. The van der Waals surface area contributed by atoms with Crippen LogP contribution in [0.25, 0.3) is 11.1 Å². The number of hydrogen-bond donors (Lipinski definition) is 0. The summed E-state index contributed by atoms with van der Waals surface area (Å²) in [5, 5.41) is 0. The number of hydrogen-bond acceptors (Lipinski definition) is 4. The molecule has 2 heterocycles. The molecule has 0 saturated heterocycles. The second kappa shape index (κ2) is 7.10. The number of carbonyl (C=O) groups excluding carboxylic acids is 1. The van der Waals surface area contributed by atoms with Gasteiger partial charge in [-0.2, -0.15) is 0 Å². The van der Waals surface area contributed by atoms with Crippen molar-refractivity contribution in [3.63, 3.8) is 0 Å². The summed E-state index contributed by atoms with van der Waals surface area (Å²) < 4.78 is 10.7. The summed E-state index contributed by atoms with van der Waals surface area (Å²) in [6.45, 7) is 2.81. The van der Waals surface area contributed by atoms with Crippen LogP contribution in [0.4, 0.5) is 0 Å². The summed E-state index contributed by atoms with van der Waals surface area (Å²) in [5.41, 5.74) is 8.11. The minimum atomic E-state index is -0.215. The average molecular weight is 351 g/mol. The third-order valence-corrected chi connectivity index (χ3v) is 5.53. The number of pyridine rings is 1. The number of benzene rings is 1. The molecular formula is C22H25NO3. The first-order valence-corrected chi connectivity index (χ1v) is 9.51. The lowest BCUT2D eigenvalue weighted by Gasteiger charge is -2.24. The number of esters is 1. The molecule has 0 fully saturated rings. The van der Waals surface area contributed by atoms with Gasteiger partial charge < -0.3 is 9.47 Å². The molecular weight excluding hydrogens is 326 g/mol. The third-order valence-electron chi connectivity index (χ3n) is 5.53. The van der Waals surface area contributed by atoms with Crippen LogP contribution in [0.2, 0.25) is 0 Å². The van der Waals surface area contributed by atoms with E-state index in [0.29, 0.717) is 0 Å². The number of aryl methyl sites for hydroxylation is 3. The van der Waals surface area contributed by atoms with Gasteiger partial charge in [0.05, 0.1) is 20.1 Å². The fourth-order valence-electron chi connectivity index (χ4n) is 4.21. The van der Waals surface area contributed by atoms with Crippen molar-refractivity contribution < 1.29 is 14.3 Å². The van der Waals surface area contributed by atoms with E-state index in [-0.39, 0.29) is 12.4 Å². The van der Waals surface area contributed by atoms with Gasteiger partial charge in [-0.25, -0.2) is 0 Å². The fourth-order valence-corrected chi connectivity index (χ4v) is 4.21. The Morgan fingerprint density at radius 2 is 2.04 bits per heavy atom. The molecule has 4 nitrogen and oxygen atoms in total. The lowest BCUT2D eigenvalue weighted by Crippen LogP contribution is -2.15. The Bertz CT molecular complexity index is 857. The molecule has 0 atom stereocenters. The maximum Gasteiger partial charge on any atom is 0.310 e. The highest BCUT2D eigenvalue weighted by molar-refractivity contribution is 5.81. The quantitative estimate of drug-likeness (QED) is 0.785. The van der Waals surface area contributed by atoms with Crippen LogP contribution < -0.4 is 4.74 Å². The Morgan fingerprint density at radius 3 is 2.88 bits per heavy atom. The maximum absolute atomic E-state index is 12.0. The molecule has 1 aromatic carbocycles. The monoisotopic (exact) mass is 351 g/mol. The average Bonchev–Trinajstić information content (AvgIpc) is 2.68. The Morgan fingerprint density at radius 1 is 1.19 bits per heavy atom. The van der Waals surface area contributed by atoms with Gasteiger partial charge in [0.25, 0.3) is 0 Å². The van der Waals surface area contributed by atoms with Gasteiger partial charge in [-0.3, -0.25) is 9.78 Å². The van der Waals surface area contributed by atoms with Crippen molar-refractivity contribution in [3.8, 4) is 16.9 Å².